The monoisotopic (exact) mass is 410 g/mol. The molecule has 2 N–H and O–H groups in total. The summed E-state index contributed by atoms with van der Waals surface area (Å²) in [5.41, 5.74) is -0.458. The summed E-state index contributed by atoms with van der Waals surface area (Å²) < 4.78 is 13.9. The number of rotatable bonds is 8. The predicted molar refractivity (Wildman–Crippen MR) is 102 cm³/mol. The first-order valence-corrected chi connectivity index (χ1v) is 8.94. The third kappa shape index (κ3) is 4.75. The number of aromatic nitrogens is 1. The molecule has 2 unspecified atom stereocenters. The lowest BCUT2D eigenvalue weighted by molar-refractivity contribution is -0.140. The van der Waals surface area contributed by atoms with E-state index in [-0.39, 0.29) is 5.92 Å². The Balaban J connectivity index is 2.44. The minimum Gasteiger partial charge on any atom is -0.481 e. The van der Waals surface area contributed by atoms with Gasteiger partial charge in [0.2, 0.25) is 5.91 Å². The molecule has 1 heterocycles. The van der Waals surface area contributed by atoms with Gasteiger partial charge in [-0.3, -0.25) is 19.2 Å². The maximum atomic E-state index is 12.9. The second-order valence-corrected chi connectivity index (χ2v) is 7.14. The molecule has 1 amide bonds. The van der Waals surface area contributed by atoms with Crippen LogP contribution in [-0.4, -0.2) is 40.0 Å². The Morgan fingerprint density at radius 1 is 1.25 bits per heavy atom. The van der Waals surface area contributed by atoms with Crippen molar-refractivity contribution >= 4 is 40.0 Å². The minimum absolute atomic E-state index is 0.315. The molecule has 7 nitrogen and oxygen atoms in total. The summed E-state index contributed by atoms with van der Waals surface area (Å²) in [6.07, 6.45) is 0.702. The van der Waals surface area contributed by atoms with Crippen molar-refractivity contribution in [3.63, 3.8) is 0 Å². The van der Waals surface area contributed by atoms with Crippen molar-refractivity contribution in [3.05, 3.63) is 45.8 Å². The fourth-order valence-electron chi connectivity index (χ4n) is 2.97. The van der Waals surface area contributed by atoms with Crippen molar-refractivity contribution in [3.8, 4) is 0 Å². The third-order valence-corrected chi connectivity index (χ3v) is 4.55. The molecular weight excluding hydrogens is 391 g/mol. The highest BCUT2D eigenvalue weighted by Crippen LogP contribution is 2.21. The summed E-state index contributed by atoms with van der Waals surface area (Å²) in [7, 11) is 0. The number of pyridine rings is 1. The summed E-state index contributed by atoms with van der Waals surface area (Å²) in [5.74, 6) is -3.52. The summed E-state index contributed by atoms with van der Waals surface area (Å²) in [5, 5.41) is 12.5. The van der Waals surface area contributed by atoms with Crippen LogP contribution in [0.3, 0.4) is 0 Å². The quantitative estimate of drug-likeness (QED) is 0.695. The van der Waals surface area contributed by atoms with E-state index >= 15 is 0 Å². The van der Waals surface area contributed by atoms with Crippen LogP contribution in [0.15, 0.2) is 35.3 Å². The van der Waals surface area contributed by atoms with Gasteiger partial charge in [0.05, 0.1) is 6.42 Å². The number of carboxylic acid groups (broad SMARTS) is 1. The normalized spacial score (nSPS) is 13.3. The van der Waals surface area contributed by atoms with Crippen LogP contribution >= 0.6 is 11.6 Å². The van der Waals surface area contributed by atoms with Crippen LogP contribution in [-0.2, 0) is 14.4 Å². The fourth-order valence-corrected chi connectivity index (χ4v) is 3.14. The zero-order valence-corrected chi connectivity index (χ0v) is 16.1. The Bertz CT molecular complexity index is 972. The number of nitrogens with one attached hydrogen (secondary N) is 1. The van der Waals surface area contributed by atoms with Crippen molar-refractivity contribution in [2.45, 2.75) is 32.4 Å². The number of Topliss-reactive ketones (excluding diaryl/α,β-unsaturated/α-hetero) is 1. The molecule has 2 rings (SSSR count). The van der Waals surface area contributed by atoms with E-state index in [2.05, 4.69) is 5.32 Å². The van der Waals surface area contributed by atoms with Gasteiger partial charge in [0, 0.05) is 16.6 Å². The molecule has 0 bridgehead atoms. The molecule has 1 aromatic heterocycles. The molecule has 0 spiro atoms. The van der Waals surface area contributed by atoms with E-state index in [0.717, 1.165) is 0 Å². The highest BCUT2D eigenvalue weighted by molar-refractivity contribution is 6.31. The Morgan fingerprint density at radius 3 is 2.50 bits per heavy atom. The van der Waals surface area contributed by atoms with E-state index in [9.17, 15) is 23.6 Å². The number of carbonyl (C=O) groups excluding carboxylic acids is 2. The first kappa shape index (κ1) is 21.6. The summed E-state index contributed by atoms with van der Waals surface area (Å²) >= 11 is 5.96. The van der Waals surface area contributed by atoms with Gasteiger partial charge in [0.15, 0.2) is 5.78 Å². The molecular formula is C19H20ClFN2O5. The second kappa shape index (κ2) is 8.97. The molecule has 0 aliphatic heterocycles. The number of carboxylic acids is 1. The van der Waals surface area contributed by atoms with Gasteiger partial charge in [0.25, 0.3) is 5.56 Å². The topological polar surface area (TPSA) is 105 Å². The lowest BCUT2D eigenvalue weighted by Gasteiger charge is -2.25. The van der Waals surface area contributed by atoms with Gasteiger partial charge in [-0.1, -0.05) is 31.5 Å². The Kier molecular flexibility index (Phi) is 6.90. The van der Waals surface area contributed by atoms with Gasteiger partial charge in [0.1, 0.15) is 18.8 Å². The molecule has 1 aromatic carbocycles. The molecule has 0 saturated heterocycles. The third-order valence-electron chi connectivity index (χ3n) is 4.31. The lowest BCUT2D eigenvalue weighted by atomic mass is 10.0. The fraction of sp³-hybridized carbons (Fsp3) is 0.368. The first-order chi connectivity index (χ1) is 13.1. The number of nitrogens with zero attached hydrogens (tertiary/aromatic N) is 1. The standard InChI is InChI=1S/C19H20ClFN2O5/c1-10(2)17(18(27)22-14(8-16(25)26)15(24)9-21)23-6-5-11-3-4-12(20)7-13(11)19(23)28/h3-7,10,14,17H,8-9H2,1-2H3,(H,22,27)(H,25,26). The van der Waals surface area contributed by atoms with E-state index in [1.807, 2.05) is 0 Å². The maximum Gasteiger partial charge on any atom is 0.305 e. The molecule has 0 saturated carbocycles. The second-order valence-electron chi connectivity index (χ2n) is 6.71. The number of hydrogen-bond acceptors (Lipinski definition) is 4. The smallest absolute Gasteiger partial charge is 0.305 e. The van der Waals surface area contributed by atoms with E-state index in [4.69, 9.17) is 16.7 Å². The van der Waals surface area contributed by atoms with Gasteiger partial charge in [-0.2, -0.15) is 0 Å². The number of benzene rings is 1. The first-order valence-electron chi connectivity index (χ1n) is 8.57. The molecule has 0 fully saturated rings. The van der Waals surface area contributed by atoms with Gasteiger partial charge < -0.3 is 15.0 Å². The van der Waals surface area contributed by atoms with Crippen molar-refractivity contribution in [1.29, 1.82) is 0 Å². The highest BCUT2D eigenvalue weighted by Gasteiger charge is 2.30. The summed E-state index contributed by atoms with van der Waals surface area (Å²) in [4.78, 5) is 48.3. The van der Waals surface area contributed by atoms with Gasteiger partial charge in [-0.25, -0.2) is 4.39 Å². The number of carbonyl (C=O) groups is 3. The number of fused-ring (bicyclic) bond motifs is 1. The maximum absolute atomic E-state index is 12.9. The molecule has 28 heavy (non-hydrogen) atoms. The zero-order chi connectivity index (χ0) is 21.0. The lowest BCUT2D eigenvalue weighted by Crippen LogP contribution is -2.48. The number of alkyl halides is 1. The van der Waals surface area contributed by atoms with Crippen molar-refractivity contribution in [1.82, 2.24) is 9.88 Å². The Morgan fingerprint density at radius 2 is 1.93 bits per heavy atom. The van der Waals surface area contributed by atoms with Crippen LogP contribution in [0.5, 0.6) is 0 Å². The average molecular weight is 411 g/mol. The Labute approximate surface area is 165 Å². The number of aliphatic carboxylic acids is 1. The molecule has 0 aliphatic rings. The van der Waals surface area contributed by atoms with Crippen molar-refractivity contribution in [2.75, 3.05) is 6.67 Å². The average Bonchev–Trinajstić information content (AvgIpc) is 2.62. The van der Waals surface area contributed by atoms with Crippen molar-refractivity contribution in [2.24, 2.45) is 5.92 Å². The molecule has 150 valence electrons. The highest BCUT2D eigenvalue weighted by atomic mass is 35.5. The number of ketones is 1. The van der Waals surface area contributed by atoms with Gasteiger partial charge in [-0.15, -0.1) is 0 Å². The van der Waals surface area contributed by atoms with E-state index in [1.54, 1.807) is 32.0 Å². The van der Waals surface area contributed by atoms with Crippen LogP contribution in [0.1, 0.15) is 26.3 Å². The van der Waals surface area contributed by atoms with Crippen molar-refractivity contribution < 1.29 is 23.9 Å². The van der Waals surface area contributed by atoms with Crippen LogP contribution < -0.4 is 10.9 Å². The van der Waals surface area contributed by atoms with Crippen LogP contribution in [0.2, 0.25) is 5.02 Å². The molecule has 0 aliphatic carbocycles. The number of amides is 1. The van der Waals surface area contributed by atoms with Crippen LogP contribution in [0.4, 0.5) is 4.39 Å². The Hall–Kier alpha value is -2.74. The molecule has 9 heteroatoms. The zero-order valence-electron chi connectivity index (χ0n) is 15.3. The number of hydrogen-bond donors (Lipinski definition) is 2. The van der Waals surface area contributed by atoms with E-state index in [0.29, 0.717) is 15.8 Å². The summed E-state index contributed by atoms with van der Waals surface area (Å²) in [6.45, 7) is 1.99. The van der Waals surface area contributed by atoms with Gasteiger partial charge >= 0.3 is 5.97 Å². The largest absolute Gasteiger partial charge is 0.481 e. The number of halogens is 2. The van der Waals surface area contributed by atoms with Crippen LogP contribution in [0.25, 0.3) is 10.8 Å². The molecule has 0 radical (unpaired) electrons. The van der Waals surface area contributed by atoms with Gasteiger partial charge in [-0.05, 0) is 29.5 Å². The minimum atomic E-state index is -1.51. The summed E-state index contributed by atoms with van der Waals surface area (Å²) in [6, 6.07) is 3.92. The molecule has 2 aromatic rings. The SMILES string of the molecule is CC(C)C(C(=O)NC(CC(=O)O)C(=O)CF)n1ccc2ccc(Cl)cc2c1=O. The van der Waals surface area contributed by atoms with E-state index < -0.39 is 48.4 Å². The van der Waals surface area contributed by atoms with Crippen LogP contribution in [0, 0.1) is 5.92 Å². The predicted octanol–water partition coefficient (Wildman–Crippen LogP) is 2.35. The molecule has 2 atom stereocenters. The van der Waals surface area contributed by atoms with E-state index in [1.165, 1.54) is 16.8 Å².